The average molecular weight is 401 g/mol. The maximum absolute atomic E-state index is 12.4. The molecule has 0 aliphatic heterocycles. The van der Waals surface area contributed by atoms with Crippen LogP contribution >= 0.6 is 7.37 Å². The molecule has 8 heteroatoms. The maximum atomic E-state index is 12.4. The van der Waals surface area contributed by atoms with E-state index in [0.29, 0.717) is 5.89 Å². The van der Waals surface area contributed by atoms with Crippen molar-refractivity contribution in [2.45, 2.75) is 25.2 Å². The molecule has 3 rings (SSSR count). The van der Waals surface area contributed by atoms with Crippen LogP contribution in [0.2, 0.25) is 0 Å². The van der Waals surface area contributed by atoms with Crippen LogP contribution in [0.4, 0.5) is 0 Å². The number of nitrogens with zero attached hydrogens (tertiary/aromatic N) is 2. The van der Waals surface area contributed by atoms with E-state index in [0.717, 1.165) is 16.7 Å². The molecule has 0 saturated carbocycles. The van der Waals surface area contributed by atoms with E-state index >= 15 is 0 Å². The summed E-state index contributed by atoms with van der Waals surface area (Å²) in [6, 6.07) is 16.7. The minimum Gasteiger partial charge on any atom is -0.391 e. The van der Waals surface area contributed by atoms with Crippen molar-refractivity contribution in [3.8, 4) is 11.5 Å². The van der Waals surface area contributed by atoms with E-state index in [1.807, 2.05) is 61.5 Å². The van der Waals surface area contributed by atoms with E-state index in [-0.39, 0.29) is 24.9 Å². The van der Waals surface area contributed by atoms with Crippen LogP contribution in [-0.2, 0) is 10.7 Å². The van der Waals surface area contributed by atoms with Crippen molar-refractivity contribution in [1.82, 2.24) is 15.5 Å². The molecule has 0 aliphatic rings. The summed E-state index contributed by atoms with van der Waals surface area (Å²) in [5, 5.41) is 17.1. The molecule has 3 atom stereocenters. The number of benzene rings is 2. The standard InChI is InChI=1S/C20H24N3O4P/c1-15(17-8-5-9-18(10-17)20-22-14-23-27-20)21-11-19(24)13-28(25,26)12-16-6-3-2-4-7-16/h2-10,14-15,19,21,24H,11-13H2,1H3,(H,25,26)/t15?,19-/m0/s1. The van der Waals surface area contributed by atoms with Crippen LogP contribution in [0.3, 0.4) is 0 Å². The van der Waals surface area contributed by atoms with Gasteiger partial charge < -0.3 is 19.8 Å². The van der Waals surface area contributed by atoms with E-state index < -0.39 is 13.5 Å². The summed E-state index contributed by atoms with van der Waals surface area (Å²) >= 11 is 0. The van der Waals surface area contributed by atoms with Gasteiger partial charge in [0.1, 0.15) is 0 Å². The normalized spacial score (nSPS) is 15.7. The predicted octanol–water partition coefficient (Wildman–Crippen LogP) is 3.22. The fraction of sp³-hybridized carbons (Fsp3) is 0.300. The van der Waals surface area contributed by atoms with Gasteiger partial charge in [-0.05, 0) is 30.2 Å². The summed E-state index contributed by atoms with van der Waals surface area (Å²) in [7, 11) is -3.46. The first-order valence-electron chi connectivity index (χ1n) is 9.06. The Bertz CT molecular complexity index is 918. The quantitative estimate of drug-likeness (QED) is 0.473. The lowest BCUT2D eigenvalue weighted by atomic mass is 10.0. The molecule has 0 amide bonds. The maximum Gasteiger partial charge on any atom is 0.257 e. The van der Waals surface area contributed by atoms with Crippen molar-refractivity contribution in [2.24, 2.45) is 0 Å². The molecule has 0 saturated heterocycles. The summed E-state index contributed by atoms with van der Waals surface area (Å²) in [4.78, 5) is 14.2. The number of nitrogens with one attached hydrogen (secondary N) is 1. The Morgan fingerprint density at radius 2 is 1.96 bits per heavy atom. The molecule has 28 heavy (non-hydrogen) atoms. The lowest BCUT2D eigenvalue weighted by Gasteiger charge is -2.20. The molecule has 1 heterocycles. The zero-order valence-corrected chi connectivity index (χ0v) is 16.5. The molecule has 0 radical (unpaired) electrons. The van der Waals surface area contributed by atoms with Crippen molar-refractivity contribution in [3.63, 3.8) is 0 Å². The van der Waals surface area contributed by atoms with E-state index in [1.165, 1.54) is 6.33 Å². The van der Waals surface area contributed by atoms with Crippen LogP contribution in [0.5, 0.6) is 0 Å². The Hall–Kier alpha value is -2.31. The largest absolute Gasteiger partial charge is 0.391 e. The van der Waals surface area contributed by atoms with Crippen molar-refractivity contribution < 1.29 is 19.1 Å². The Kier molecular flexibility index (Phi) is 6.75. The third-order valence-corrected chi connectivity index (χ3v) is 6.27. The van der Waals surface area contributed by atoms with Crippen molar-refractivity contribution in [1.29, 1.82) is 0 Å². The molecule has 148 valence electrons. The van der Waals surface area contributed by atoms with Crippen LogP contribution in [0, 0.1) is 0 Å². The van der Waals surface area contributed by atoms with Crippen molar-refractivity contribution in [2.75, 3.05) is 12.7 Å². The summed E-state index contributed by atoms with van der Waals surface area (Å²) in [6.07, 6.45) is 0.347. The summed E-state index contributed by atoms with van der Waals surface area (Å²) in [6.45, 7) is 2.17. The lowest BCUT2D eigenvalue weighted by molar-refractivity contribution is 0.186. The molecule has 0 aliphatic carbocycles. The third kappa shape index (κ3) is 5.84. The second-order valence-electron chi connectivity index (χ2n) is 6.83. The van der Waals surface area contributed by atoms with Gasteiger partial charge >= 0.3 is 0 Å². The Morgan fingerprint density at radius 3 is 2.68 bits per heavy atom. The first-order chi connectivity index (χ1) is 13.4. The molecule has 3 N–H and O–H groups in total. The lowest BCUT2D eigenvalue weighted by Crippen LogP contribution is -2.31. The van der Waals surface area contributed by atoms with E-state index in [4.69, 9.17) is 4.52 Å². The molecule has 2 aromatic carbocycles. The zero-order chi connectivity index (χ0) is 20.0. The minimum absolute atomic E-state index is 0.0622. The van der Waals surface area contributed by atoms with Gasteiger partial charge in [-0.1, -0.05) is 47.6 Å². The molecule has 0 spiro atoms. The highest BCUT2D eigenvalue weighted by molar-refractivity contribution is 7.57. The molecule has 0 fully saturated rings. The van der Waals surface area contributed by atoms with E-state index in [9.17, 15) is 14.6 Å². The smallest absolute Gasteiger partial charge is 0.257 e. The molecule has 7 nitrogen and oxygen atoms in total. The summed E-state index contributed by atoms with van der Waals surface area (Å²) < 4.78 is 17.5. The zero-order valence-electron chi connectivity index (χ0n) is 15.6. The van der Waals surface area contributed by atoms with E-state index in [2.05, 4.69) is 15.5 Å². The molecule has 2 unspecified atom stereocenters. The SMILES string of the molecule is CC(NC[C@H](O)CP(=O)(O)Cc1ccccc1)c1cccc(-c2ncno2)c1. The van der Waals surface area contributed by atoms with Gasteiger partial charge in [0, 0.05) is 24.3 Å². The fourth-order valence-corrected chi connectivity index (χ4v) is 4.70. The molecule has 1 aromatic heterocycles. The van der Waals surface area contributed by atoms with Crippen molar-refractivity contribution >= 4 is 7.37 Å². The Morgan fingerprint density at radius 1 is 1.18 bits per heavy atom. The number of hydrogen-bond donors (Lipinski definition) is 3. The monoisotopic (exact) mass is 401 g/mol. The highest BCUT2D eigenvalue weighted by Gasteiger charge is 2.23. The van der Waals surface area contributed by atoms with Gasteiger partial charge in [-0.15, -0.1) is 0 Å². The van der Waals surface area contributed by atoms with Crippen molar-refractivity contribution in [3.05, 3.63) is 72.1 Å². The fourth-order valence-electron chi connectivity index (χ4n) is 3.00. The molecule has 0 bridgehead atoms. The molecule has 3 aromatic rings. The second-order valence-corrected chi connectivity index (χ2v) is 9.20. The highest BCUT2D eigenvalue weighted by atomic mass is 31.2. The Labute approximate surface area is 163 Å². The van der Waals surface area contributed by atoms with Crippen LogP contribution < -0.4 is 5.32 Å². The van der Waals surface area contributed by atoms with Crippen LogP contribution in [-0.4, -0.2) is 39.0 Å². The van der Waals surface area contributed by atoms with Gasteiger partial charge in [0.2, 0.25) is 7.37 Å². The first kappa shape index (κ1) is 20.4. The minimum atomic E-state index is -3.46. The number of aliphatic hydroxyl groups excluding tert-OH is 1. The molecular weight excluding hydrogens is 377 g/mol. The van der Waals surface area contributed by atoms with Gasteiger partial charge in [-0.2, -0.15) is 4.98 Å². The second kappa shape index (κ2) is 9.26. The predicted molar refractivity (Wildman–Crippen MR) is 107 cm³/mol. The topological polar surface area (TPSA) is 108 Å². The number of aromatic nitrogens is 2. The van der Waals surface area contributed by atoms with Crippen LogP contribution in [0.1, 0.15) is 24.1 Å². The summed E-state index contributed by atoms with van der Waals surface area (Å²) in [5.41, 5.74) is 2.59. The average Bonchev–Trinajstić information content (AvgIpc) is 3.21. The number of aliphatic hydroxyl groups is 1. The first-order valence-corrected chi connectivity index (χ1v) is 11.1. The molecular formula is C20H24N3O4P. The third-order valence-electron chi connectivity index (χ3n) is 4.42. The highest BCUT2D eigenvalue weighted by Crippen LogP contribution is 2.44. The van der Waals surface area contributed by atoms with Crippen LogP contribution in [0.25, 0.3) is 11.5 Å². The Balaban J connectivity index is 1.53. The van der Waals surface area contributed by atoms with Crippen LogP contribution in [0.15, 0.2) is 65.4 Å². The van der Waals surface area contributed by atoms with E-state index in [1.54, 1.807) is 0 Å². The van der Waals surface area contributed by atoms with Gasteiger partial charge in [0.15, 0.2) is 6.33 Å². The number of hydrogen-bond acceptors (Lipinski definition) is 6. The van der Waals surface area contributed by atoms with Gasteiger partial charge in [0.25, 0.3) is 5.89 Å². The van der Waals surface area contributed by atoms with Gasteiger partial charge in [-0.25, -0.2) is 0 Å². The van der Waals surface area contributed by atoms with Gasteiger partial charge in [-0.3, -0.25) is 4.57 Å². The van der Waals surface area contributed by atoms with Gasteiger partial charge in [0.05, 0.1) is 12.3 Å². The number of rotatable bonds is 9. The summed E-state index contributed by atoms with van der Waals surface area (Å²) in [5.74, 6) is 0.441.